The Morgan fingerprint density at radius 1 is 1.24 bits per heavy atom. The molecule has 1 unspecified atom stereocenters. The molecular weight excluding hydrogens is 344 g/mol. The lowest BCUT2D eigenvalue weighted by Crippen LogP contribution is -2.38. The highest BCUT2D eigenvalue weighted by molar-refractivity contribution is 7.99. The second-order valence-electron chi connectivity index (χ2n) is 5.26. The number of ether oxygens (including phenoxy) is 1. The number of amides is 2. The number of hydrogen-bond acceptors (Lipinski definition) is 6. The molecule has 0 spiro atoms. The first-order valence-corrected chi connectivity index (χ1v) is 9.18. The fourth-order valence-corrected chi connectivity index (χ4v) is 2.75. The Morgan fingerprint density at radius 3 is 2.64 bits per heavy atom. The molecule has 0 aliphatic carbocycles. The van der Waals surface area contributed by atoms with Crippen LogP contribution in [-0.4, -0.2) is 57.4 Å². The van der Waals surface area contributed by atoms with Crippen molar-refractivity contribution in [1.82, 2.24) is 5.32 Å². The Balaban J connectivity index is 2.12. The molecule has 0 saturated carbocycles. The summed E-state index contributed by atoms with van der Waals surface area (Å²) in [5.74, 6) is 0.878. The molecule has 140 valence electrons. The van der Waals surface area contributed by atoms with E-state index in [9.17, 15) is 9.59 Å². The van der Waals surface area contributed by atoms with Crippen LogP contribution in [0.3, 0.4) is 0 Å². The molecular formula is C17H26N2O5S. The molecule has 0 aromatic heterocycles. The van der Waals surface area contributed by atoms with Gasteiger partial charge in [-0.3, -0.25) is 9.69 Å². The van der Waals surface area contributed by atoms with E-state index in [4.69, 9.17) is 4.74 Å². The molecule has 7 nitrogen and oxygen atoms in total. The van der Waals surface area contributed by atoms with Crippen molar-refractivity contribution in [1.29, 1.82) is 0 Å². The van der Waals surface area contributed by atoms with Crippen LogP contribution in [0.4, 0.5) is 10.5 Å². The number of nitrogens with zero attached hydrogens (tertiary/aromatic N) is 1. The molecule has 0 radical (unpaired) electrons. The van der Waals surface area contributed by atoms with Crippen molar-refractivity contribution in [2.45, 2.75) is 6.92 Å². The predicted octanol–water partition coefficient (Wildman–Crippen LogP) is 2.32. The minimum absolute atomic E-state index is 0.155. The number of carbonyl (C=O) groups is 2. The van der Waals surface area contributed by atoms with Gasteiger partial charge in [-0.1, -0.05) is 25.1 Å². The van der Waals surface area contributed by atoms with E-state index in [0.717, 1.165) is 11.4 Å². The Morgan fingerprint density at radius 2 is 1.96 bits per heavy atom. The van der Waals surface area contributed by atoms with Gasteiger partial charge in [0.15, 0.2) is 0 Å². The van der Waals surface area contributed by atoms with Crippen LogP contribution in [-0.2, 0) is 19.3 Å². The SMILES string of the molecule is COOCCOC(=O)C(C)CSCCNC(=O)N(C)c1ccccc1. The summed E-state index contributed by atoms with van der Waals surface area (Å²) in [6.07, 6.45) is 0. The lowest BCUT2D eigenvalue weighted by Gasteiger charge is -2.18. The fourth-order valence-electron chi connectivity index (χ4n) is 1.85. The lowest BCUT2D eigenvalue weighted by atomic mass is 10.2. The third-order valence-electron chi connectivity index (χ3n) is 3.27. The molecule has 25 heavy (non-hydrogen) atoms. The second-order valence-corrected chi connectivity index (χ2v) is 6.41. The smallest absolute Gasteiger partial charge is 0.321 e. The van der Waals surface area contributed by atoms with Gasteiger partial charge in [-0.05, 0) is 12.1 Å². The van der Waals surface area contributed by atoms with Gasteiger partial charge in [-0.2, -0.15) is 11.8 Å². The van der Waals surface area contributed by atoms with E-state index in [1.54, 1.807) is 23.7 Å². The van der Waals surface area contributed by atoms with Gasteiger partial charge in [0.2, 0.25) is 0 Å². The summed E-state index contributed by atoms with van der Waals surface area (Å²) >= 11 is 1.59. The molecule has 8 heteroatoms. The van der Waals surface area contributed by atoms with Gasteiger partial charge in [-0.25, -0.2) is 14.6 Å². The van der Waals surface area contributed by atoms with Crippen molar-refractivity contribution < 1.29 is 24.1 Å². The number of urea groups is 1. The topological polar surface area (TPSA) is 77.1 Å². The quantitative estimate of drug-likeness (QED) is 0.279. The van der Waals surface area contributed by atoms with Crippen molar-refractivity contribution in [3.05, 3.63) is 30.3 Å². The van der Waals surface area contributed by atoms with E-state index < -0.39 is 0 Å². The maximum atomic E-state index is 12.0. The van der Waals surface area contributed by atoms with Crippen molar-refractivity contribution in [2.75, 3.05) is 50.3 Å². The average Bonchev–Trinajstić information content (AvgIpc) is 2.64. The number of esters is 1. The zero-order valence-corrected chi connectivity index (χ0v) is 15.7. The number of para-hydroxylation sites is 1. The molecule has 0 bridgehead atoms. The zero-order chi connectivity index (χ0) is 18.5. The molecule has 1 aromatic carbocycles. The summed E-state index contributed by atoms with van der Waals surface area (Å²) in [4.78, 5) is 34.3. The summed E-state index contributed by atoms with van der Waals surface area (Å²) in [6, 6.07) is 9.27. The largest absolute Gasteiger partial charge is 0.463 e. The van der Waals surface area contributed by atoms with E-state index in [0.29, 0.717) is 12.3 Å². The number of nitrogens with one attached hydrogen (secondary N) is 1. The summed E-state index contributed by atoms with van der Waals surface area (Å²) in [5.41, 5.74) is 0.835. The molecule has 1 aromatic rings. The van der Waals surface area contributed by atoms with E-state index in [2.05, 4.69) is 15.1 Å². The Labute approximate surface area is 152 Å². The molecule has 0 aliphatic rings. The van der Waals surface area contributed by atoms with Gasteiger partial charge in [0.1, 0.15) is 13.2 Å². The molecule has 0 heterocycles. The highest BCUT2D eigenvalue weighted by Crippen LogP contribution is 2.11. The van der Waals surface area contributed by atoms with Crippen molar-refractivity contribution >= 4 is 29.4 Å². The van der Waals surface area contributed by atoms with Crippen LogP contribution < -0.4 is 10.2 Å². The second kappa shape index (κ2) is 12.6. The third kappa shape index (κ3) is 8.76. The van der Waals surface area contributed by atoms with Crippen LogP contribution in [0.2, 0.25) is 0 Å². The number of thioether (sulfide) groups is 1. The van der Waals surface area contributed by atoms with E-state index >= 15 is 0 Å². The maximum absolute atomic E-state index is 12.0. The summed E-state index contributed by atoms with van der Waals surface area (Å²) in [6.45, 7) is 2.73. The van der Waals surface area contributed by atoms with Crippen LogP contribution in [0, 0.1) is 5.92 Å². The summed E-state index contributed by atoms with van der Waals surface area (Å²) in [7, 11) is 3.13. The molecule has 1 rings (SSSR count). The normalized spacial score (nSPS) is 11.6. The van der Waals surface area contributed by atoms with E-state index in [1.165, 1.54) is 7.11 Å². The zero-order valence-electron chi connectivity index (χ0n) is 14.9. The third-order valence-corrected chi connectivity index (χ3v) is 4.50. The van der Waals surface area contributed by atoms with Gasteiger partial charge in [0, 0.05) is 30.8 Å². The van der Waals surface area contributed by atoms with Crippen LogP contribution >= 0.6 is 11.8 Å². The van der Waals surface area contributed by atoms with Gasteiger partial charge in [0.25, 0.3) is 0 Å². The van der Waals surface area contributed by atoms with E-state index in [1.807, 2.05) is 37.3 Å². The molecule has 1 N–H and O–H groups in total. The first-order chi connectivity index (χ1) is 12.1. The van der Waals surface area contributed by atoms with Gasteiger partial charge in [0.05, 0.1) is 13.0 Å². The highest BCUT2D eigenvalue weighted by Gasteiger charge is 2.14. The molecule has 2 amide bonds. The van der Waals surface area contributed by atoms with Crippen LogP contribution in [0.1, 0.15) is 6.92 Å². The number of rotatable bonds is 11. The minimum atomic E-state index is -0.264. The van der Waals surface area contributed by atoms with Gasteiger partial charge in [-0.15, -0.1) is 0 Å². The first-order valence-electron chi connectivity index (χ1n) is 8.02. The summed E-state index contributed by atoms with van der Waals surface area (Å²) < 4.78 is 5.05. The maximum Gasteiger partial charge on any atom is 0.321 e. The number of benzene rings is 1. The first kappa shape index (κ1) is 21.3. The van der Waals surface area contributed by atoms with Gasteiger partial charge < -0.3 is 10.1 Å². The Bertz CT molecular complexity index is 515. The lowest BCUT2D eigenvalue weighted by molar-refractivity contribution is -0.276. The average molecular weight is 370 g/mol. The predicted molar refractivity (Wildman–Crippen MR) is 98.7 cm³/mol. The molecule has 1 atom stereocenters. The van der Waals surface area contributed by atoms with Crippen LogP contribution in [0.25, 0.3) is 0 Å². The highest BCUT2D eigenvalue weighted by atomic mass is 32.2. The standard InChI is InChI=1S/C17H26N2O5S/c1-14(16(20)23-10-11-24-22-3)13-25-12-9-18-17(21)19(2)15-7-5-4-6-8-15/h4-8,14H,9-13H2,1-3H3,(H,18,21). The van der Waals surface area contributed by atoms with Crippen molar-refractivity contribution in [3.8, 4) is 0 Å². The van der Waals surface area contributed by atoms with Crippen LogP contribution in [0.15, 0.2) is 30.3 Å². The minimum Gasteiger partial charge on any atom is -0.463 e. The van der Waals surface area contributed by atoms with Crippen LogP contribution in [0.5, 0.6) is 0 Å². The molecule has 0 fully saturated rings. The Kier molecular flexibility index (Phi) is 10.7. The number of carbonyl (C=O) groups excluding carboxylic acids is 2. The van der Waals surface area contributed by atoms with E-state index in [-0.39, 0.29) is 31.1 Å². The molecule has 0 aliphatic heterocycles. The Hall–Kier alpha value is -1.77. The molecule has 0 saturated heterocycles. The van der Waals surface area contributed by atoms with Crippen molar-refractivity contribution in [3.63, 3.8) is 0 Å². The summed E-state index contributed by atoms with van der Waals surface area (Å²) in [5, 5.41) is 2.85. The number of hydrogen-bond donors (Lipinski definition) is 1. The van der Waals surface area contributed by atoms with Gasteiger partial charge >= 0.3 is 12.0 Å². The van der Waals surface area contributed by atoms with Crippen molar-refractivity contribution in [2.24, 2.45) is 5.92 Å². The number of anilines is 1. The monoisotopic (exact) mass is 370 g/mol. The fraction of sp³-hybridized carbons (Fsp3) is 0.529.